The molecule has 1 aliphatic heterocycles. The number of ether oxygens (including phenoxy) is 1. The van der Waals surface area contributed by atoms with Crippen LogP contribution in [0, 0.1) is 5.92 Å². The topological polar surface area (TPSA) is 67.4 Å². The molecule has 6 heteroatoms. The average molecular weight is 352 g/mol. The number of carbonyl (C=O) groups excluding carboxylic acids is 1. The summed E-state index contributed by atoms with van der Waals surface area (Å²) in [5.74, 6) is 0.917. The van der Waals surface area contributed by atoms with E-state index in [1.807, 2.05) is 36.5 Å². The zero-order valence-corrected chi connectivity index (χ0v) is 14.9. The van der Waals surface area contributed by atoms with E-state index < -0.39 is 0 Å². The average Bonchev–Trinajstić information content (AvgIpc) is 2.72. The van der Waals surface area contributed by atoms with E-state index in [0.29, 0.717) is 6.54 Å². The molecule has 1 N–H and O–H groups in total. The standard InChI is InChI=1S/C20H24N4O2/c25-19(21-13-15-4-2-1-3-5-15)16-6-7-18-17(12-16)14-22-20(23-18)24-8-10-26-11-9-24/h1-5,14,16H,6-13H2,(H,21,25)/t16-/m1/s1. The molecule has 0 spiro atoms. The van der Waals surface area contributed by atoms with E-state index in [-0.39, 0.29) is 11.8 Å². The minimum absolute atomic E-state index is 0.00375. The molecule has 0 radical (unpaired) electrons. The molecule has 2 aromatic rings. The lowest BCUT2D eigenvalue weighted by Gasteiger charge is -2.28. The molecule has 6 nitrogen and oxygen atoms in total. The highest BCUT2D eigenvalue weighted by Crippen LogP contribution is 2.25. The monoisotopic (exact) mass is 352 g/mol. The maximum absolute atomic E-state index is 12.5. The predicted octanol–water partition coefficient (Wildman–Crippen LogP) is 1.73. The minimum Gasteiger partial charge on any atom is -0.378 e. The number of hydrogen-bond donors (Lipinski definition) is 1. The van der Waals surface area contributed by atoms with E-state index in [1.54, 1.807) is 0 Å². The van der Waals surface area contributed by atoms with Gasteiger partial charge in [-0.15, -0.1) is 0 Å². The molecule has 4 rings (SSSR count). The van der Waals surface area contributed by atoms with Crippen molar-refractivity contribution in [1.82, 2.24) is 15.3 Å². The van der Waals surface area contributed by atoms with E-state index in [0.717, 1.165) is 68.3 Å². The van der Waals surface area contributed by atoms with E-state index >= 15 is 0 Å². The van der Waals surface area contributed by atoms with Crippen LogP contribution < -0.4 is 10.2 Å². The second kappa shape index (κ2) is 7.83. The van der Waals surface area contributed by atoms with Crippen LogP contribution in [0.4, 0.5) is 5.95 Å². The molecule has 2 heterocycles. The van der Waals surface area contributed by atoms with Crippen molar-refractivity contribution in [3.05, 3.63) is 53.3 Å². The Balaban J connectivity index is 1.37. The van der Waals surface area contributed by atoms with Gasteiger partial charge in [0.15, 0.2) is 0 Å². The van der Waals surface area contributed by atoms with Crippen LogP contribution in [0.1, 0.15) is 23.2 Å². The van der Waals surface area contributed by atoms with Gasteiger partial charge in [0, 0.05) is 37.4 Å². The number of benzene rings is 1. The lowest BCUT2D eigenvalue weighted by Crippen LogP contribution is -2.38. The van der Waals surface area contributed by atoms with Crippen LogP contribution in [0.2, 0.25) is 0 Å². The molecule has 1 aromatic heterocycles. The minimum atomic E-state index is 0.00375. The van der Waals surface area contributed by atoms with Gasteiger partial charge in [0.05, 0.1) is 13.2 Å². The Morgan fingerprint density at radius 3 is 2.85 bits per heavy atom. The normalized spacial score (nSPS) is 19.7. The second-order valence-corrected chi connectivity index (χ2v) is 6.88. The third-order valence-electron chi connectivity index (χ3n) is 5.11. The highest BCUT2D eigenvalue weighted by molar-refractivity contribution is 5.79. The van der Waals surface area contributed by atoms with Gasteiger partial charge in [0.25, 0.3) is 0 Å². The number of rotatable bonds is 4. The Hall–Kier alpha value is -2.47. The maximum atomic E-state index is 12.5. The Labute approximate surface area is 153 Å². The summed E-state index contributed by atoms with van der Waals surface area (Å²) < 4.78 is 5.39. The summed E-state index contributed by atoms with van der Waals surface area (Å²) in [4.78, 5) is 24.0. The molecule has 0 bridgehead atoms. The number of morpholine rings is 1. The zero-order chi connectivity index (χ0) is 17.8. The van der Waals surface area contributed by atoms with Crippen LogP contribution in [-0.4, -0.2) is 42.2 Å². The number of nitrogens with one attached hydrogen (secondary N) is 1. The number of hydrogen-bond acceptors (Lipinski definition) is 5. The van der Waals surface area contributed by atoms with Crippen LogP contribution in [-0.2, 0) is 28.9 Å². The molecule has 2 aliphatic rings. The molecule has 1 amide bonds. The van der Waals surface area contributed by atoms with Crippen molar-refractivity contribution in [1.29, 1.82) is 0 Å². The van der Waals surface area contributed by atoms with Crippen LogP contribution >= 0.6 is 0 Å². The molecule has 0 saturated carbocycles. The van der Waals surface area contributed by atoms with Gasteiger partial charge in [-0.1, -0.05) is 30.3 Å². The number of aryl methyl sites for hydroxylation is 1. The Morgan fingerprint density at radius 1 is 1.23 bits per heavy atom. The highest BCUT2D eigenvalue weighted by atomic mass is 16.5. The number of anilines is 1. The first kappa shape index (κ1) is 17.0. The Kier molecular flexibility index (Phi) is 5.11. The number of amides is 1. The summed E-state index contributed by atoms with van der Waals surface area (Å²) in [5.41, 5.74) is 3.32. The van der Waals surface area contributed by atoms with E-state index in [9.17, 15) is 4.79 Å². The van der Waals surface area contributed by atoms with Gasteiger partial charge in [0.1, 0.15) is 0 Å². The quantitative estimate of drug-likeness (QED) is 0.908. The SMILES string of the molecule is O=C(NCc1ccccc1)[C@@H]1CCc2nc(N3CCOCC3)ncc2C1. The van der Waals surface area contributed by atoms with Crippen molar-refractivity contribution in [2.24, 2.45) is 5.92 Å². The predicted molar refractivity (Wildman–Crippen MR) is 98.9 cm³/mol. The molecule has 136 valence electrons. The van der Waals surface area contributed by atoms with Crippen molar-refractivity contribution in [2.75, 3.05) is 31.2 Å². The largest absolute Gasteiger partial charge is 0.378 e. The number of carbonyl (C=O) groups is 1. The first-order chi connectivity index (χ1) is 12.8. The highest BCUT2D eigenvalue weighted by Gasteiger charge is 2.26. The summed E-state index contributed by atoms with van der Waals surface area (Å²) in [6, 6.07) is 10.0. The van der Waals surface area contributed by atoms with Gasteiger partial charge in [0.2, 0.25) is 11.9 Å². The second-order valence-electron chi connectivity index (χ2n) is 6.88. The maximum Gasteiger partial charge on any atom is 0.225 e. The Bertz CT molecular complexity index is 760. The number of nitrogens with zero attached hydrogens (tertiary/aromatic N) is 3. The van der Waals surface area contributed by atoms with E-state index in [1.165, 1.54) is 0 Å². The summed E-state index contributed by atoms with van der Waals surface area (Å²) >= 11 is 0. The van der Waals surface area contributed by atoms with Crippen molar-refractivity contribution in [2.45, 2.75) is 25.8 Å². The smallest absolute Gasteiger partial charge is 0.225 e. The van der Waals surface area contributed by atoms with E-state index in [4.69, 9.17) is 9.72 Å². The number of aromatic nitrogens is 2. The zero-order valence-electron chi connectivity index (χ0n) is 14.9. The molecular weight excluding hydrogens is 328 g/mol. The van der Waals surface area contributed by atoms with Gasteiger partial charge in [-0.2, -0.15) is 0 Å². The summed E-state index contributed by atoms with van der Waals surface area (Å²) in [7, 11) is 0. The summed E-state index contributed by atoms with van der Waals surface area (Å²) in [5, 5.41) is 3.06. The molecule has 26 heavy (non-hydrogen) atoms. The third kappa shape index (κ3) is 3.85. The molecule has 1 aliphatic carbocycles. The fourth-order valence-corrected chi connectivity index (χ4v) is 3.57. The first-order valence-electron chi connectivity index (χ1n) is 9.29. The van der Waals surface area contributed by atoms with Crippen LogP contribution in [0.25, 0.3) is 0 Å². The molecule has 1 aromatic carbocycles. The van der Waals surface area contributed by atoms with Gasteiger partial charge in [-0.05, 0) is 30.4 Å². The molecule has 0 unspecified atom stereocenters. The molecule has 1 fully saturated rings. The van der Waals surface area contributed by atoms with Gasteiger partial charge < -0.3 is 15.0 Å². The third-order valence-corrected chi connectivity index (χ3v) is 5.11. The van der Waals surface area contributed by atoms with Crippen molar-refractivity contribution < 1.29 is 9.53 Å². The van der Waals surface area contributed by atoms with Crippen molar-refractivity contribution >= 4 is 11.9 Å². The molecular formula is C20H24N4O2. The van der Waals surface area contributed by atoms with Crippen LogP contribution in [0.15, 0.2) is 36.5 Å². The summed E-state index contributed by atoms with van der Waals surface area (Å²) in [6.07, 6.45) is 4.30. The van der Waals surface area contributed by atoms with E-state index in [2.05, 4.69) is 15.2 Å². The lowest BCUT2D eigenvalue weighted by molar-refractivity contribution is -0.125. The fraction of sp³-hybridized carbons (Fsp3) is 0.450. The Morgan fingerprint density at radius 2 is 2.04 bits per heavy atom. The van der Waals surface area contributed by atoms with Crippen molar-refractivity contribution in [3.63, 3.8) is 0 Å². The number of fused-ring (bicyclic) bond motifs is 1. The molecule has 1 atom stereocenters. The van der Waals surface area contributed by atoms with Gasteiger partial charge >= 0.3 is 0 Å². The van der Waals surface area contributed by atoms with Crippen LogP contribution in [0.3, 0.4) is 0 Å². The van der Waals surface area contributed by atoms with Crippen molar-refractivity contribution in [3.8, 4) is 0 Å². The fourth-order valence-electron chi connectivity index (χ4n) is 3.57. The van der Waals surface area contributed by atoms with Gasteiger partial charge in [-0.25, -0.2) is 9.97 Å². The lowest BCUT2D eigenvalue weighted by atomic mass is 9.86. The summed E-state index contributed by atoms with van der Waals surface area (Å²) in [6.45, 7) is 3.70. The van der Waals surface area contributed by atoms with Crippen LogP contribution in [0.5, 0.6) is 0 Å². The first-order valence-corrected chi connectivity index (χ1v) is 9.29. The van der Waals surface area contributed by atoms with Gasteiger partial charge in [-0.3, -0.25) is 4.79 Å². The molecule has 1 saturated heterocycles.